The van der Waals surface area contributed by atoms with Gasteiger partial charge in [0.2, 0.25) is 5.91 Å². The highest BCUT2D eigenvalue weighted by molar-refractivity contribution is 5.78. The fourth-order valence-electron chi connectivity index (χ4n) is 3.88. The number of hydrogen-bond donors (Lipinski definition) is 0. The van der Waals surface area contributed by atoms with Crippen molar-refractivity contribution in [2.45, 2.75) is 51.6 Å². The van der Waals surface area contributed by atoms with Crippen LogP contribution < -0.4 is 0 Å². The zero-order valence-electron chi connectivity index (χ0n) is 15.2. The van der Waals surface area contributed by atoms with Crippen molar-refractivity contribution in [3.8, 4) is 0 Å². The summed E-state index contributed by atoms with van der Waals surface area (Å²) in [6.45, 7) is 3.42. The number of aryl methyl sites for hydroxylation is 2. The molecule has 5 nitrogen and oxygen atoms in total. The molecule has 1 aliphatic heterocycles. The molecule has 0 bridgehead atoms. The Labute approximate surface area is 153 Å². The van der Waals surface area contributed by atoms with Gasteiger partial charge in [0, 0.05) is 19.5 Å². The number of furan rings is 1. The Kier molecular flexibility index (Phi) is 4.78. The molecule has 3 aromatic rings. The van der Waals surface area contributed by atoms with Gasteiger partial charge in [0.05, 0.1) is 23.4 Å². The molecule has 1 aromatic carbocycles. The van der Waals surface area contributed by atoms with Crippen LogP contribution in [0.5, 0.6) is 0 Å². The molecular weight excluding hydrogens is 326 g/mol. The average molecular weight is 351 g/mol. The van der Waals surface area contributed by atoms with Gasteiger partial charge in [-0.1, -0.05) is 25.0 Å². The van der Waals surface area contributed by atoms with Crippen molar-refractivity contribution in [1.29, 1.82) is 0 Å². The Morgan fingerprint density at radius 1 is 1.19 bits per heavy atom. The van der Waals surface area contributed by atoms with E-state index in [1.54, 1.807) is 0 Å². The second-order valence-electron chi connectivity index (χ2n) is 7.08. The summed E-state index contributed by atoms with van der Waals surface area (Å²) in [5.74, 6) is 2.02. The van der Waals surface area contributed by atoms with E-state index in [0.29, 0.717) is 13.0 Å². The van der Waals surface area contributed by atoms with Crippen LogP contribution in [0.25, 0.3) is 11.0 Å². The van der Waals surface area contributed by atoms with Gasteiger partial charge in [-0.2, -0.15) is 0 Å². The van der Waals surface area contributed by atoms with Gasteiger partial charge in [0.15, 0.2) is 0 Å². The van der Waals surface area contributed by atoms with Crippen LogP contribution in [0.15, 0.2) is 47.1 Å². The van der Waals surface area contributed by atoms with E-state index in [1.165, 1.54) is 6.42 Å². The molecule has 4 rings (SSSR count). The number of carbonyl (C=O) groups excluding carboxylic acids is 1. The molecule has 2 aromatic heterocycles. The average Bonchev–Trinajstić information content (AvgIpc) is 3.18. The molecule has 1 atom stereocenters. The lowest BCUT2D eigenvalue weighted by atomic mass is 10.1. The summed E-state index contributed by atoms with van der Waals surface area (Å²) >= 11 is 0. The molecule has 1 aliphatic rings. The number of carbonyl (C=O) groups is 1. The van der Waals surface area contributed by atoms with Crippen LogP contribution >= 0.6 is 0 Å². The van der Waals surface area contributed by atoms with E-state index in [9.17, 15) is 4.79 Å². The number of rotatable bonds is 4. The van der Waals surface area contributed by atoms with Crippen molar-refractivity contribution >= 4 is 16.9 Å². The number of imidazole rings is 1. The maximum atomic E-state index is 13.0. The number of aromatic nitrogens is 2. The minimum atomic E-state index is 0.0678. The number of amides is 1. The van der Waals surface area contributed by atoms with Gasteiger partial charge in [-0.05, 0) is 44.0 Å². The molecule has 0 aliphatic carbocycles. The highest BCUT2D eigenvalue weighted by atomic mass is 16.3. The monoisotopic (exact) mass is 351 g/mol. The van der Waals surface area contributed by atoms with Gasteiger partial charge in [0.25, 0.3) is 0 Å². The van der Waals surface area contributed by atoms with Gasteiger partial charge in [0.1, 0.15) is 11.5 Å². The normalized spacial score (nSPS) is 18.2. The van der Waals surface area contributed by atoms with Gasteiger partial charge in [-0.3, -0.25) is 4.79 Å². The molecule has 5 heteroatoms. The Hall–Kier alpha value is -2.56. The molecule has 3 heterocycles. The number of benzene rings is 1. The second kappa shape index (κ2) is 7.36. The maximum Gasteiger partial charge on any atom is 0.224 e. The molecular formula is C21H25N3O2. The summed E-state index contributed by atoms with van der Waals surface area (Å²) in [5, 5.41) is 0. The highest BCUT2D eigenvalue weighted by Crippen LogP contribution is 2.31. The Balaban J connectivity index is 1.49. The Morgan fingerprint density at radius 2 is 2.08 bits per heavy atom. The Morgan fingerprint density at radius 3 is 2.92 bits per heavy atom. The minimum Gasteiger partial charge on any atom is -0.464 e. The standard InChI is InChI=1S/C21H25N3O2/c1-16-10-11-20(26-16)19-9-3-2-6-13-24(19)21(25)12-14-23-15-22-17-7-4-5-8-18(17)23/h4-5,7-8,10-11,15,19H,2-3,6,9,12-14H2,1H3. The van der Waals surface area contributed by atoms with E-state index in [2.05, 4.69) is 9.55 Å². The molecule has 0 saturated carbocycles. The smallest absolute Gasteiger partial charge is 0.224 e. The summed E-state index contributed by atoms with van der Waals surface area (Å²) in [5.41, 5.74) is 2.05. The van der Waals surface area contributed by atoms with Crippen molar-refractivity contribution in [1.82, 2.24) is 14.5 Å². The van der Waals surface area contributed by atoms with E-state index in [0.717, 1.165) is 48.4 Å². The fraction of sp³-hybridized carbons (Fsp3) is 0.429. The van der Waals surface area contributed by atoms with Crippen molar-refractivity contribution in [3.63, 3.8) is 0 Å². The number of fused-ring (bicyclic) bond motifs is 1. The molecule has 136 valence electrons. The van der Waals surface area contributed by atoms with Gasteiger partial charge in [-0.25, -0.2) is 4.98 Å². The van der Waals surface area contributed by atoms with Crippen LogP contribution in [0, 0.1) is 6.92 Å². The summed E-state index contributed by atoms with van der Waals surface area (Å²) in [4.78, 5) is 19.5. The summed E-state index contributed by atoms with van der Waals surface area (Å²) < 4.78 is 7.92. The maximum absolute atomic E-state index is 13.0. The van der Waals surface area contributed by atoms with E-state index in [4.69, 9.17) is 4.42 Å². The highest BCUT2D eigenvalue weighted by Gasteiger charge is 2.28. The first-order valence-electron chi connectivity index (χ1n) is 9.48. The third-order valence-corrected chi connectivity index (χ3v) is 5.26. The third-order valence-electron chi connectivity index (χ3n) is 5.26. The molecule has 1 unspecified atom stereocenters. The number of hydrogen-bond acceptors (Lipinski definition) is 3. The fourth-order valence-corrected chi connectivity index (χ4v) is 3.88. The summed E-state index contributed by atoms with van der Waals surface area (Å²) in [6, 6.07) is 12.1. The lowest BCUT2D eigenvalue weighted by molar-refractivity contribution is -0.134. The minimum absolute atomic E-state index is 0.0678. The lowest BCUT2D eigenvalue weighted by Gasteiger charge is -2.29. The molecule has 0 radical (unpaired) electrons. The van der Waals surface area contributed by atoms with Crippen LogP contribution in [-0.4, -0.2) is 26.9 Å². The van der Waals surface area contributed by atoms with E-state index in [-0.39, 0.29) is 11.9 Å². The van der Waals surface area contributed by atoms with E-state index < -0.39 is 0 Å². The van der Waals surface area contributed by atoms with E-state index in [1.807, 2.05) is 54.5 Å². The van der Waals surface area contributed by atoms with Crippen molar-refractivity contribution in [2.24, 2.45) is 0 Å². The van der Waals surface area contributed by atoms with Gasteiger partial charge < -0.3 is 13.9 Å². The van der Waals surface area contributed by atoms with Crippen molar-refractivity contribution < 1.29 is 9.21 Å². The summed E-state index contributed by atoms with van der Waals surface area (Å²) in [6.07, 6.45) is 6.67. The molecule has 0 N–H and O–H groups in total. The van der Waals surface area contributed by atoms with Crippen LogP contribution in [-0.2, 0) is 11.3 Å². The van der Waals surface area contributed by atoms with Crippen LogP contribution in [0.2, 0.25) is 0 Å². The zero-order chi connectivity index (χ0) is 17.9. The Bertz CT molecular complexity index is 895. The SMILES string of the molecule is Cc1ccc(C2CCCCCN2C(=O)CCn2cnc3ccccc32)o1. The molecule has 26 heavy (non-hydrogen) atoms. The zero-order valence-corrected chi connectivity index (χ0v) is 15.2. The lowest BCUT2D eigenvalue weighted by Crippen LogP contribution is -2.35. The topological polar surface area (TPSA) is 51.3 Å². The van der Waals surface area contributed by atoms with Crippen LogP contribution in [0.4, 0.5) is 0 Å². The van der Waals surface area contributed by atoms with E-state index >= 15 is 0 Å². The van der Waals surface area contributed by atoms with Crippen molar-refractivity contribution in [2.75, 3.05) is 6.54 Å². The van der Waals surface area contributed by atoms with Gasteiger partial charge >= 0.3 is 0 Å². The van der Waals surface area contributed by atoms with Crippen molar-refractivity contribution in [3.05, 3.63) is 54.2 Å². The van der Waals surface area contributed by atoms with Crippen LogP contribution in [0.1, 0.15) is 49.7 Å². The predicted octanol–water partition coefficient (Wildman–Crippen LogP) is 4.47. The molecule has 0 spiro atoms. The molecule has 1 fully saturated rings. The number of para-hydroxylation sites is 2. The number of likely N-dealkylation sites (tertiary alicyclic amines) is 1. The third kappa shape index (κ3) is 3.39. The first-order valence-corrected chi connectivity index (χ1v) is 9.48. The first-order chi connectivity index (χ1) is 12.7. The first kappa shape index (κ1) is 16.9. The largest absolute Gasteiger partial charge is 0.464 e. The predicted molar refractivity (Wildman–Crippen MR) is 101 cm³/mol. The number of nitrogens with zero attached hydrogens (tertiary/aromatic N) is 3. The van der Waals surface area contributed by atoms with Gasteiger partial charge in [-0.15, -0.1) is 0 Å². The second-order valence-corrected chi connectivity index (χ2v) is 7.08. The van der Waals surface area contributed by atoms with Crippen LogP contribution in [0.3, 0.4) is 0 Å². The quantitative estimate of drug-likeness (QED) is 0.697. The summed E-state index contributed by atoms with van der Waals surface area (Å²) in [7, 11) is 0. The molecule has 1 amide bonds. The molecule has 1 saturated heterocycles.